The minimum Gasteiger partial charge on any atom is -0.444 e. The van der Waals surface area contributed by atoms with Crippen LogP contribution in [0.1, 0.15) is 73.6 Å². The molecule has 0 bridgehead atoms. The molecule has 0 spiro atoms. The number of nitrogens with one attached hydrogen (secondary N) is 2. The van der Waals surface area contributed by atoms with Gasteiger partial charge in [-0.05, 0) is 73.4 Å². The molecule has 2 amide bonds. The number of carbonyl (C=O) groups is 2. The molecule has 1 aromatic rings. The minimum atomic E-state index is -0.668. The van der Waals surface area contributed by atoms with Crippen LogP contribution in [0.3, 0.4) is 0 Å². The van der Waals surface area contributed by atoms with Crippen LogP contribution in [-0.4, -0.2) is 57.7 Å². The number of hydrogen-bond acceptors (Lipinski definition) is 5. The molecule has 1 unspecified atom stereocenters. The van der Waals surface area contributed by atoms with Crippen molar-refractivity contribution < 1.29 is 14.3 Å². The van der Waals surface area contributed by atoms with Crippen LogP contribution in [-0.2, 0) is 15.1 Å². The first-order chi connectivity index (χ1) is 14.0. The van der Waals surface area contributed by atoms with E-state index in [9.17, 15) is 9.59 Å². The zero-order valence-corrected chi connectivity index (χ0v) is 19.5. The third kappa shape index (κ3) is 7.63. The van der Waals surface area contributed by atoms with E-state index in [2.05, 4.69) is 38.9 Å². The first-order valence-corrected chi connectivity index (χ1v) is 11.1. The summed E-state index contributed by atoms with van der Waals surface area (Å²) in [5.74, 6) is 0.198. The Morgan fingerprint density at radius 3 is 2.47 bits per heavy atom. The van der Waals surface area contributed by atoms with Crippen molar-refractivity contribution >= 4 is 17.8 Å². The molecule has 2 N–H and O–H groups in total. The third-order valence-electron chi connectivity index (χ3n) is 5.36. The SMILES string of the molecule is CCCC(NC(=O)OC(C)(C)C)C(=O)Nc1cn(C(C)(C)CCN2CCCC2)cn1. The van der Waals surface area contributed by atoms with Gasteiger partial charge in [-0.3, -0.25) is 4.79 Å². The van der Waals surface area contributed by atoms with Gasteiger partial charge in [0.05, 0.1) is 6.33 Å². The molecule has 8 heteroatoms. The molecule has 1 atom stereocenters. The van der Waals surface area contributed by atoms with Crippen molar-refractivity contribution in [2.45, 2.75) is 90.8 Å². The largest absolute Gasteiger partial charge is 0.444 e. The van der Waals surface area contributed by atoms with Gasteiger partial charge in [0, 0.05) is 18.3 Å². The maximum Gasteiger partial charge on any atom is 0.408 e. The highest BCUT2D eigenvalue weighted by atomic mass is 16.6. The Morgan fingerprint density at radius 2 is 1.87 bits per heavy atom. The van der Waals surface area contributed by atoms with E-state index in [0.717, 1.165) is 19.4 Å². The molecule has 8 nitrogen and oxygen atoms in total. The van der Waals surface area contributed by atoms with Crippen molar-refractivity contribution in [3.05, 3.63) is 12.5 Å². The second-order valence-electron chi connectivity index (χ2n) is 9.75. The standard InChI is InChI=1S/C22H39N5O3/c1-7-10-17(24-20(29)30-21(2,3)4)19(28)25-18-15-27(16-23-18)22(5,6)11-14-26-12-8-9-13-26/h15-17H,7-14H2,1-6H3,(H,24,29)(H,25,28). The van der Waals surface area contributed by atoms with E-state index < -0.39 is 17.7 Å². The normalized spacial score (nSPS) is 16.3. The second-order valence-corrected chi connectivity index (χ2v) is 9.75. The van der Waals surface area contributed by atoms with Crippen molar-refractivity contribution in [3.63, 3.8) is 0 Å². The Bertz CT molecular complexity index is 702. The Labute approximate surface area is 180 Å². The van der Waals surface area contributed by atoms with Crippen LogP contribution in [0.4, 0.5) is 10.6 Å². The van der Waals surface area contributed by atoms with E-state index in [0.29, 0.717) is 12.2 Å². The number of hydrogen-bond donors (Lipinski definition) is 2. The molecule has 1 saturated heterocycles. The monoisotopic (exact) mass is 421 g/mol. The van der Waals surface area contributed by atoms with Crippen LogP contribution in [0.5, 0.6) is 0 Å². The number of likely N-dealkylation sites (tertiary alicyclic amines) is 1. The molecule has 0 aromatic carbocycles. The van der Waals surface area contributed by atoms with Crippen LogP contribution < -0.4 is 10.6 Å². The molecule has 1 aliphatic heterocycles. The summed E-state index contributed by atoms with van der Waals surface area (Å²) in [5, 5.41) is 5.50. The fourth-order valence-electron chi connectivity index (χ4n) is 3.51. The zero-order chi connectivity index (χ0) is 22.4. The van der Waals surface area contributed by atoms with Crippen molar-refractivity contribution in [1.29, 1.82) is 0 Å². The summed E-state index contributed by atoms with van der Waals surface area (Å²) < 4.78 is 7.33. The molecule has 0 saturated carbocycles. The summed E-state index contributed by atoms with van der Waals surface area (Å²) >= 11 is 0. The lowest BCUT2D eigenvalue weighted by Gasteiger charge is -2.28. The van der Waals surface area contributed by atoms with E-state index in [-0.39, 0.29) is 11.4 Å². The van der Waals surface area contributed by atoms with E-state index in [1.54, 1.807) is 27.1 Å². The molecule has 0 radical (unpaired) electrons. The van der Waals surface area contributed by atoms with Gasteiger partial charge in [-0.15, -0.1) is 0 Å². The Hall–Kier alpha value is -2.09. The summed E-state index contributed by atoms with van der Waals surface area (Å²) in [6.45, 7) is 15.1. The van der Waals surface area contributed by atoms with E-state index in [1.807, 2.05) is 13.1 Å². The van der Waals surface area contributed by atoms with Gasteiger partial charge in [-0.1, -0.05) is 13.3 Å². The lowest BCUT2D eigenvalue weighted by molar-refractivity contribution is -0.118. The van der Waals surface area contributed by atoms with Gasteiger partial charge in [-0.25, -0.2) is 9.78 Å². The van der Waals surface area contributed by atoms with Gasteiger partial charge in [0.15, 0.2) is 5.82 Å². The third-order valence-corrected chi connectivity index (χ3v) is 5.36. The molecule has 2 heterocycles. The average molecular weight is 422 g/mol. The van der Waals surface area contributed by atoms with Gasteiger partial charge >= 0.3 is 6.09 Å². The van der Waals surface area contributed by atoms with Crippen molar-refractivity contribution in [3.8, 4) is 0 Å². The van der Waals surface area contributed by atoms with Gasteiger partial charge < -0.3 is 24.8 Å². The zero-order valence-electron chi connectivity index (χ0n) is 19.5. The highest BCUT2D eigenvalue weighted by molar-refractivity contribution is 5.95. The molecule has 2 rings (SSSR count). The number of imidazole rings is 1. The Kier molecular flexibility index (Phi) is 8.29. The molecule has 30 heavy (non-hydrogen) atoms. The quantitative estimate of drug-likeness (QED) is 0.634. The molecule has 1 aromatic heterocycles. The Balaban J connectivity index is 1.94. The predicted molar refractivity (Wildman–Crippen MR) is 119 cm³/mol. The smallest absolute Gasteiger partial charge is 0.408 e. The first kappa shape index (κ1) is 24.2. The topological polar surface area (TPSA) is 88.5 Å². The number of nitrogens with zero attached hydrogens (tertiary/aromatic N) is 3. The minimum absolute atomic E-state index is 0.101. The van der Waals surface area contributed by atoms with E-state index in [4.69, 9.17) is 4.74 Å². The molecular formula is C22H39N5O3. The van der Waals surface area contributed by atoms with Gasteiger partial charge in [0.2, 0.25) is 5.91 Å². The highest BCUT2D eigenvalue weighted by Gasteiger charge is 2.26. The average Bonchev–Trinajstić information content (AvgIpc) is 3.30. The summed E-state index contributed by atoms with van der Waals surface area (Å²) in [4.78, 5) is 31.7. The number of rotatable bonds is 9. The fraction of sp³-hybridized carbons (Fsp3) is 0.773. The summed E-state index contributed by atoms with van der Waals surface area (Å²) in [6, 6.07) is -0.668. The maximum atomic E-state index is 12.7. The highest BCUT2D eigenvalue weighted by Crippen LogP contribution is 2.23. The second kappa shape index (κ2) is 10.3. The molecule has 1 aliphatic rings. The summed E-state index contributed by atoms with van der Waals surface area (Å²) in [6.07, 6.45) is 7.89. The van der Waals surface area contributed by atoms with Crippen LogP contribution in [0.15, 0.2) is 12.5 Å². The lowest BCUT2D eigenvalue weighted by atomic mass is 10.0. The van der Waals surface area contributed by atoms with Crippen molar-refractivity contribution in [1.82, 2.24) is 19.8 Å². The van der Waals surface area contributed by atoms with E-state index in [1.165, 1.54) is 25.9 Å². The Morgan fingerprint density at radius 1 is 1.20 bits per heavy atom. The van der Waals surface area contributed by atoms with Gasteiger partial charge in [0.25, 0.3) is 0 Å². The van der Waals surface area contributed by atoms with Crippen molar-refractivity contribution in [2.24, 2.45) is 0 Å². The van der Waals surface area contributed by atoms with Crippen LogP contribution in [0, 0.1) is 0 Å². The summed E-state index contributed by atoms with van der Waals surface area (Å²) in [5.41, 5.74) is -0.715. The first-order valence-electron chi connectivity index (χ1n) is 11.1. The van der Waals surface area contributed by atoms with Gasteiger partial charge in [-0.2, -0.15) is 0 Å². The number of alkyl carbamates (subject to hydrolysis) is 1. The number of carbonyl (C=O) groups excluding carboxylic acids is 2. The van der Waals surface area contributed by atoms with Gasteiger partial charge in [0.1, 0.15) is 11.6 Å². The molecule has 1 fully saturated rings. The molecule has 170 valence electrons. The predicted octanol–water partition coefficient (Wildman–Crippen LogP) is 3.74. The number of ether oxygens (including phenoxy) is 1. The number of aromatic nitrogens is 2. The van der Waals surface area contributed by atoms with Crippen LogP contribution in [0.2, 0.25) is 0 Å². The van der Waals surface area contributed by atoms with E-state index >= 15 is 0 Å². The fourth-order valence-corrected chi connectivity index (χ4v) is 3.51. The van der Waals surface area contributed by atoms with Crippen LogP contribution in [0.25, 0.3) is 0 Å². The maximum absolute atomic E-state index is 12.7. The molecule has 0 aliphatic carbocycles. The molecular weight excluding hydrogens is 382 g/mol. The van der Waals surface area contributed by atoms with Crippen molar-refractivity contribution in [2.75, 3.05) is 25.0 Å². The van der Waals surface area contributed by atoms with Crippen LogP contribution >= 0.6 is 0 Å². The summed E-state index contributed by atoms with van der Waals surface area (Å²) in [7, 11) is 0. The number of anilines is 1. The number of amides is 2. The lowest BCUT2D eigenvalue weighted by Crippen LogP contribution is -2.45.